The van der Waals surface area contributed by atoms with Crippen LogP contribution in [0.25, 0.3) is 6.08 Å². The molecule has 0 aromatic heterocycles. The zero-order chi connectivity index (χ0) is 24.2. The normalized spacial score (nSPS) is 11.5. The summed E-state index contributed by atoms with van der Waals surface area (Å²) in [5.74, 6) is -0.0138. The third-order valence-electron chi connectivity index (χ3n) is 4.67. The van der Waals surface area contributed by atoms with Crippen molar-refractivity contribution in [3.63, 3.8) is 0 Å². The Hall–Kier alpha value is -3.81. The smallest absolute Gasteiger partial charge is 0.328 e. The lowest BCUT2D eigenvalue weighted by molar-refractivity contribution is -0.153. The van der Waals surface area contributed by atoms with E-state index in [1.165, 1.54) is 17.9 Å². The molecule has 0 spiro atoms. The highest BCUT2D eigenvalue weighted by atomic mass is 16.5. The third kappa shape index (κ3) is 8.68. The molecule has 0 unspecified atom stereocenters. The molecule has 8 heteroatoms. The van der Waals surface area contributed by atoms with E-state index >= 15 is 0 Å². The van der Waals surface area contributed by atoms with Crippen LogP contribution < -0.4 is 14.8 Å². The van der Waals surface area contributed by atoms with Crippen molar-refractivity contribution in [2.75, 3.05) is 27.4 Å². The quantitative estimate of drug-likeness (QED) is 0.415. The minimum Gasteiger partial charge on any atom is -0.497 e. The van der Waals surface area contributed by atoms with Crippen LogP contribution in [0.3, 0.4) is 0 Å². The number of amides is 2. The van der Waals surface area contributed by atoms with Gasteiger partial charge in [-0.3, -0.25) is 9.59 Å². The monoisotopic (exact) mass is 454 g/mol. The zero-order valence-electron chi connectivity index (χ0n) is 19.4. The Kier molecular flexibility index (Phi) is 9.95. The van der Waals surface area contributed by atoms with Crippen molar-refractivity contribution in [3.8, 4) is 11.5 Å². The van der Waals surface area contributed by atoms with E-state index in [1.807, 2.05) is 31.2 Å². The van der Waals surface area contributed by atoms with Crippen LogP contribution >= 0.6 is 0 Å². The van der Waals surface area contributed by atoms with Crippen molar-refractivity contribution in [2.45, 2.75) is 26.4 Å². The fourth-order valence-corrected chi connectivity index (χ4v) is 2.80. The molecule has 0 radical (unpaired) electrons. The molecule has 0 saturated carbocycles. The molecule has 0 heterocycles. The lowest BCUT2D eigenvalue weighted by Gasteiger charge is -2.18. The Morgan fingerprint density at radius 3 is 2.27 bits per heavy atom. The molecule has 0 bridgehead atoms. The molecule has 2 amide bonds. The Balaban J connectivity index is 1.75. The van der Waals surface area contributed by atoms with E-state index in [1.54, 1.807) is 44.5 Å². The van der Waals surface area contributed by atoms with E-state index in [9.17, 15) is 14.4 Å². The number of carbonyl (C=O) groups is 3. The Morgan fingerprint density at radius 2 is 1.67 bits per heavy atom. The maximum Gasteiger partial charge on any atom is 0.328 e. The van der Waals surface area contributed by atoms with Crippen LogP contribution in [0, 0.1) is 0 Å². The third-order valence-corrected chi connectivity index (χ3v) is 4.67. The molecule has 1 atom stereocenters. The van der Waals surface area contributed by atoms with Gasteiger partial charge in [0.15, 0.2) is 6.61 Å². The molecule has 8 nitrogen and oxygen atoms in total. The fourth-order valence-electron chi connectivity index (χ4n) is 2.80. The van der Waals surface area contributed by atoms with Crippen molar-refractivity contribution < 1.29 is 28.6 Å². The highest BCUT2D eigenvalue weighted by Crippen LogP contribution is 2.14. The van der Waals surface area contributed by atoms with Crippen LogP contribution in [0.2, 0.25) is 0 Å². The van der Waals surface area contributed by atoms with Gasteiger partial charge in [0.05, 0.1) is 13.7 Å². The Morgan fingerprint density at radius 1 is 1.03 bits per heavy atom. The van der Waals surface area contributed by atoms with Crippen molar-refractivity contribution >= 4 is 23.9 Å². The summed E-state index contributed by atoms with van der Waals surface area (Å²) >= 11 is 0. The predicted octanol–water partition coefficient (Wildman–Crippen LogP) is 2.81. The summed E-state index contributed by atoms with van der Waals surface area (Å²) in [4.78, 5) is 38.0. The number of carbonyl (C=O) groups excluding carboxylic acids is 3. The van der Waals surface area contributed by atoms with Gasteiger partial charge in [0, 0.05) is 19.7 Å². The van der Waals surface area contributed by atoms with Gasteiger partial charge in [-0.2, -0.15) is 0 Å². The topological polar surface area (TPSA) is 94.2 Å². The number of nitrogens with one attached hydrogen (secondary N) is 1. The maximum atomic E-state index is 12.3. The van der Waals surface area contributed by atoms with Crippen LogP contribution in [0.4, 0.5) is 0 Å². The molecular formula is C25H30N2O6. The van der Waals surface area contributed by atoms with E-state index < -0.39 is 24.5 Å². The largest absolute Gasteiger partial charge is 0.497 e. The Bertz CT molecular complexity index is 954. The van der Waals surface area contributed by atoms with E-state index in [0.717, 1.165) is 16.9 Å². The van der Waals surface area contributed by atoms with E-state index in [0.29, 0.717) is 18.9 Å². The molecule has 2 aromatic carbocycles. The number of methoxy groups -OCH3 is 1. The van der Waals surface area contributed by atoms with Gasteiger partial charge < -0.3 is 24.4 Å². The van der Waals surface area contributed by atoms with Crippen LogP contribution in [-0.4, -0.2) is 56.1 Å². The van der Waals surface area contributed by atoms with Gasteiger partial charge in [0.1, 0.15) is 17.5 Å². The molecule has 0 aliphatic rings. The molecule has 0 fully saturated rings. The summed E-state index contributed by atoms with van der Waals surface area (Å²) in [6, 6.07) is 13.7. The molecule has 2 rings (SSSR count). The first-order chi connectivity index (χ1) is 15.8. The number of nitrogens with zero attached hydrogens (tertiary/aromatic N) is 1. The van der Waals surface area contributed by atoms with Crippen LogP contribution in [0.15, 0.2) is 54.6 Å². The van der Waals surface area contributed by atoms with Crippen molar-refractivity contribution in [1.82, 2.24) is 10.2 Å². The van der Waals surface area contributed by atoms with Crippen molar-refractivity contribution in [1.29, 1.82) is 0 Å². The lowest BCUT2D eigenvalue weighted by atomic mass is 10.2. The molecule has 2 aromatic rings. The Labute approximate surface area is 194 Å². The van der Waals surface area contributed by atoms with E-state index in [-0.39, 0.29) is 5.91 Å². The van der Waals surface area contributed by atoms with Crippen molar-refractivity contribution in [3.05, 3.63) is 65.7 Å². The fraction of sp³-hybridized carbons (Fsp3) is 0.320. The van der Waals surface area contributed by atoms with Gasteiger partial charge >= 0.3 is 5.97 Å². The molecule has 0 aliphatic heterocycles. The van der Waals surface area contributed by atoms with Gasteiger partial charge in [-0.25, -0.2) is 4.79 Å². The lowest BCUT2D eigenvalue weighted by Crippen LogP contribution is -2.40. The van der Waals surface area contributed by atoms with Gasteiger partial charge in [-0.1, -0.05) is 24.3 Å². The van der Waals surface area contributed by atoms with Crippen LogP contribution in [0.1, 0.15) is 25.0 Å². The molecule has 1 N–H and O–H groups in total. The molecule has 0 aliphatic carbocycles. The molecule has 33 heavy (non-hydrogen) atoms. The molecule has 0 saturated heterocycles. The second-order valence-electron chi connectivity index (χ2n) is 7.27. The number of benzene rings is 2. The first kappa shape index (κ1) is 25.5. The average Bonchev–Trinajstić information content (AvgIpc) is 2.82. The first-order valence-corrected chi connectivity index (χ1v) is 10.6. The van der Waals surface area contributed by atoms with E-state index in [4.69, 9.17) is 14.2 Å². The van der Waals surface area contributed by atoms with Crippen LogP contribution in [0.5, 0.6) is 11.5 Å². The first-order valence-electron chi connectivity index (χ1n) is 10.6. The summed E-state index contributed by atoms with van der Waals surface area (Å²) in [5.41, 5.74) is 1.73. The second kappa shape index (κ2) is 12.9. The zero-order valence-corrected chi connectivity index (χ0v) is 19.4. The number of esters is 1. The van der Waals surface area contributed by atoms with Crippen LogP contribution in [-0.2, 0) is 25.7 Å². The highest BCUT2D eigenvalue weighted by molar-refractivity contribution is 5.94. The number of ether oxygens (including phenoxy) is 3. The summed E-state index contributed by atoms with van der Waals surface area (Å²) in [6.07, 6.45) is 2.94. The minimum absolute atomic E-state index is 0.352. The maximum absolute atomic E-state index is 12.3. The molecule has 176 valence electrons. The number of hydrogen-bond acceptors (Lipinski definition) is 6. The summed E-state index contributed by atoms with van der Waals surface area (Å²) in [5, 5.41) is 2.52. The number of rotatable bonds is 11. The van der Waals surface area contributed by atoms with Gasteiger partial charge in [-0.15, -0.1) is 0 Å². The number of likely N-dealkylation sites (N-methyl/N-ethyl adjacent to an activating group) is 1. The summed E-state index contributed by atoms with van der Waals surface area (Å²) in [6.45, 7) is 3.95. The molecular weight excluding hydrogens is 424 g/mol. The van der Waals surface area contributed by atoms with Gasteiger partial charge in [-0.05, 0) is 55.3 Å². The highest BCUT2D eigenvalue weighted by Gasteiger charge is 2.18. The van der Waals surface area contributed by atoms with E-state index in [2.05, 4.69) is 5.32 Å². The minimum atomic E-state index is -0.901. The average molecular weight is 455 g/mol. The van der Waals surface area contributed by atoms with Crippen molar-refractivity contribution in [2.24, 2.45) is 0 Å². The summed E-state index contributed by atoms with van der Waals surface area (Å²) < 4.78 is 15.5. The van der Waals surface area contributed by atoms with Gasteiger partial charge in [0.25, 0.3) is 5.91 Å². The summed E-state index contributed by atoms with van der Waals surface area (Å²) in [7, 11) is 3.20. The standard InChI is InChI=1S/C25H30N2O6/c1-5-32-22-13-8-20(9-14-22)16-27(3)24(29)17-33-25(30)18(2)26-23(28)15-10-19-6-11-21(31-4)12-7-19/h6-15,18H,5,16-17H2,1-4H3,(H,26,28)/b15-10+/t18-/m0/s1. The predicted molar refractivity (Wildman–Crippen MR) is 125 cm³/mol. The second-order valence-corrected chi connectivity index (χ2v) is 7.27. The van der Waals surface area contributed by atoms with Gasteiger partial charge in [0.2, 0.25) is 5.91 Å². The number of hydrogen-bond donors (Lipinski definition) is 1. The SMILES string of the molecule is CCOc1ccc(CN(C)C(=O)COC(=O)[C@H](C)NC(=O)/C=C/c2ccc(OC)cc2)cc1.